The Bertz CT molecular complexity index is 736. The van der Waals surface area contributed by atoms with Crippen LogP contribution in [-0.2, 0) is 19.1 Å². The molecule has 140 valence electrons. The highest BCUT2D eigenvalue weighted by molar-refractivity contribution is 6.36. The summed E-state index contributed by atoms with van der Waals surface area (Å²) in [5.41, 5.74) is 1.39. The largest absolute Gasteiger partial charge is 0.466 e. The van der Waals surface area contributed by atoms with Gasteiger partial charge in [0.05, 0.1) is 35.7 Å². The van der Waals surface area contributed by atoms with Gasteiger partial charge in [-0.3, -0.25) is 19.3 Å². The van der Waals surface area contributed by atoms with Crippen molar-refractivity contribution in [2.45, 2.75) is 39.2 Å². The second-order valence-corrected chi connectivity index (χ2v) is 7.24. The number of aryl methyl sites for hydroxylation is 1. The number of piperidine rings is 1. The number of benzene rings is 1. The van der Waals surface area contributed by atoms with E-state index in [1.54, 1.807) is 19.1 Å². The van der Waals surface area contributed by atoms with Crippen molar-refractivity contribution >= 4 is 35.1 Å². The van der Waals surface area contributed by atoms with Gasteiger partial charge in [0.15, 0.2) is 0 Å². The minimum atomic E-state index is -0.544. The zero-order valence-electron chi connectivity index (χ0n) is 15.0. The van der Waals surface area contributed by atoms with Gasteiger partial charge >= 0.3 is 5.97 Å². The van der Waals surface area contributed by atoms with Gasteiger partial charge in [-0.05, 0) is 50.9 Å². The third kappa shape index (κ3) is 3.62. The number of hydrogen-bond acceptors (Lipinski definition) is 5. The van der Waals surface area contributed by atoms with Crippen molar-refractivity contribution < 1.29 is 19.1 Å². The fourth-order valence-electron chi connectivity index (χ4n) is 3.69. The van der Waals surface area contributed by atoms with Crippen LogP contribution >= 0.6 is 11.6 Å². The molecule has 2 fully saturated rings. The molecule has 6 nitrogen and oxygen atoms in total. The molecule has 2 aliphatic heterocycles. The Morgan fingerprint density at radius 1 is 1.35 bits per heavy atom. The van der Waals surface area contributed by atoms with E-state index >= 15 is 0 Å². The summed E-state index contributed by atoms with van der Waals surface area (Å²) in [4.78, 5) is 40.6. The molecule has 7 heteroatoms. The van der Waals surface area contributed by atoms with Gasteiger partial charge < -0.3 is 4.74 Å². The van der Waals surface area contributed by atoms with Crippen molar-refractivity contribution in [3.05, 3.63) is 28.8 Å². The number of ether oxygens (including phenoxy) is 1. The highest BCUT2D eigenvalue weighted by Gasteiger charge is 2.45. The van der Waals surface area contributed by atoms with Crippen molar-refractivity contribution in [2.75, 3.05) is 24.6 Å². The first-order valence-corrected chi connectivity index (χ1v) is 9.33. The summed E-state index contributed by atoms with van der Waals surface area (Å²) in [5.74, 6) is -1.01. The SMILES string of the molecule is CCOC(=O)[C@@H]1CCCN([C@H]2CC(=O)N(c3ccc(C)cc3Cl)C2=O)C1. The van der Waals surface area contributed by atoms with Gasteiger partial charge in [0.25, 0.3) is 5.91 Å². The Morgan fingerprint density at radius 2 is 2.12 bits per heavy atom. The fourth-order valence-corrected chi connectivity index (χ4v) is 4.01. The third-order valence-electron chi connectivity index (χ3n) is 4.98. The van der Waals surface area contributed by atoms with Crippen molar-refractivity contribution in [1.29, 1.82) is 0 Å². The van der Waals surface area contributed by atoms with Crippen molar-refractivity contribution in [1.82, 2.24) is 4.90 Å². The molecule has 1 aromatic rings. The number of esters is 1. The number of anilines is 1. The lowest BCUT2D eigenvalue weighted by atomic mass is 9.96. The molecular weight excluding hydrogens is 356 g/mol. The van der Waals surface area contributed by atoms with Crippen LogP contribution in [0.1, 0.15) is 31.7 Å². The molecule has 2 heterocycles. The van der Waals surface area contributed by atoms with E-state index in [2.05, 4.69) is 0 Å². The Kier molecular flexibility index (Phi) is 5.63. The lowest BCUT2D eigenvalue weighted by molar-refractivity contribution is -0.150. The van der Waals surface area contributed by atoms with Crippen LogP contribution in [0.2, 0.25) is 5.02 Å². The molecule has 3 rings (SSSR count). The molecule has 2 amide bonds. The Labute approximate surface area is 158 Å². The van der Waals surface area contributed by atoms with E-state index in [1.807, 2.05) is 17.9 Å². The van der Waals surface area contributed by atoms with Gasteiger partial charge in [-0.1, -0.05) is 17.7 Å². The quantitative estimate of drug-likeness (QED) is 0.595. The average Bonchev–Trinajstić information content (AvgIpc) is 2.90. The van der Waals surface area contributed by atoms with Crippen molar-refractivity contribution in [3.63, 3.8) is 0 Å². The van der Waals surface area contributed by atoms with E-state index in [-0.39, 0.29) is 30.1 Å². The zero-order chi connectivity index (χ0) is 18.8. The number of imide groups is 1. The van der Waals surface area contributed by atoms with Gasteiger partial charge in [0.2, 0.25) is 5.91 Å². The smallest absolute Gasteiger partial charge is 0.310 e. The van der Waals surface area contributed by atoms with Crippen LogP contribution in [0.15, 0.2) is 18.2 Å². The molecule has 0 aromatic heterocycles. The molecule has 1 aromatic carbocycles. The first-order valence-electron chi connectivity index (χ1n) is 8.96. The molecule has 0 bridgehead atoms. The zero-order valence-corrected chi connectivity index (χ0v) is 15.8. The standard InChI is InChI=1S/C19H23ClN2O4/c1-3-26-19(25)13-5-4-8-21(11-13)16-10-17(23)22(18(16)24)15-7-6-12(2)9-14(15)20/h6-7,9,13,16H,3-5,8,10-11H2,1-2H3/t13-,16+/m1/s1. The van der Waals surface area contributed by atoms with Gasteiger partial charge in [-0.15, -0.1) is 0 Å². The van der Waals surface area contributed by atoms with E-state index in [9.17, 15) is 14.4 Å². The Morgan fingerprint density at radius 3 is 2.81 bits per heavy atom. The summed E-state index contributed by atoms with van der Waals surface area (Å²) >= 11 is 6.25. The Balaban J connectivity index is 1.77. The van der Waals surface area contributed by atoms with E-state index in [0.717, 1.165) is 18.4 Å². The fraction of sp³-hybridized carbons (Fsp3) is 0.526. The number of carbonyl (C=O) groups excluding carboxylic acids is 3. The normalized spacial score (nSPS) is 24.2. The first kappa shape index (κ1) is 18.9. The van der Waals surface area contributed by atoms with Crippen LogP contribution < -0.4 is 4.90 Å². The van der Waals surface area contributed by atoms with Crippen molar-refractivity contribution in [3.8, 4) is 0 Å². The van der Waals surface area contributed by atoms with E-state index < -0.39 is 6.04 Å². The predicted octanol–water partition coefficient (Wildman–Crippen LogP) is 2.56. The third-order valence-corrected chi connectivity index (χ3v) is 5.28. The van der Waals surface area contributed by atoms with Crippen LogP contribution in [0.5, 0.6) is 0 Å². The van der Waals surface area contributed by atoms with Crippen molar-refractivity contribution in [2.24, 2.45) is 5.92 Å². The summed E-state index contributed by atoms with van der Waals surface area (Å²) in [6, 6.07) is 4.72. The molecule has 2 atom stereocenters. The highest BCUT2D eigenvalue weighted by atomic mass is 35.5. The van der Waals surface area contributed by atoms with Crippen LogP contribution in [0.3, 0.4) is 0 Å². The molecule has 26 heavy (non-hydrogen) atoms. The summed E-state index contributed by atoms with van der Waals surface area (Å²) in [6.45, 7) is 5.15. The number of rotatable bonds is 4. The van der Waals surface area contributed by atoms with E-state index in [1.165, 1.54) is 4.90 Å². The lowest BCUT2D eigenvalue weighted by Gasteiger charge is -2.34. The molecule has 2 saturated heterocycles. The number of halogens is 1. The number of carbonyl (C=O) groups is 3. The molecule has 0 aliphatic carbocycles. The van der Waals surface area contributed by atoms with Gasteiger partial charge in [0.1, 0.15) is 0 Å². The predicted molar refractivity (Wildman–Crippen MR) is 98.0 cm³/mol. The highest BCUT2D eigenvalue weighted by Crippen LogP contribution is 2.33. The summed E-state index contributed by atoms with van der Waals surface area (Å²) in [5, 5.41) is 0.385. The molecule has 0 saturated carbocycles. The maximum atomic E-state index is 12.9. The molecular formula is C19H23ClN2O4. The van der Waals surface area contributed by atoms with Gasteiger partial charge in [0, 0.05) is 6.54 Å². The minimum absolute atomic E-state index is 0.110. The molecule has 0 radical (unpaired) electrons. The number of amides is 2. The van der Waals surface area contributed by atoms with E-state index in [4.69, 9.17) is 16.3 Å². The minimum Gasteiger partial charge on any atom is -0.466 e. The molecule has 0 spiro atoms. The summed E-state index contributed by atoms with van der Waals surface area (Å²) < 4.78 is 5.11. The van der Waals surface area contributed by atoms with Crippen LogP contribution in [-0.4, -0.2) is 48.4 Å². The topological polar surface area (TPSA) is 66.9 Å². The lowest BCUT2D eigenvalue weighted by Crippen LogP contribution is -2.48. The summed E-state index contributed by atoms with van der Waals surface area (Å²) in [6.07, 6.45) is 1.66. The molecule has 0 unspecified atom stereocenters. The van der Waals surface area contributed by atoms with Crippen LogP contribution in [0.4, 0.5) is 5.69 Å². The second-order valence-electron chi connectivity index (χ2n) is 6.83. The monoisotopic (exact) mass is 378 g/mol. The number of likely N-dealkylation sites (tertiary alicyclic amines) is 1. The van der Waals surface area contributed by atoms with Crippen LogP contribution in [0.25, 0.3) is 0 Å². The average molecular weight is 379 g/mol. The molecule has 2 aliphatic rings. The number of hydrogen-bond donors (Lipinski definition) is 0. The second kappa shape index (κ2) is 7.76. The van der Waals surface area contributed by atoms with Crippen LogP contribution in [0, 0.1) is 12.8 Å². The van der Waals surface area contributed by atoms with Gasteiger partial charge in [-0.25, -0.2) is 4.90 Å². The number of nitrogens with zero attached hydrogens (tertiary/aromatic N) is 2. The maximum Gasteiger partial charge on any atom is 0.310 e. The summed E-state index contributed by atoms with van der Waals surface area (Å²) in [7, 11) is 0. The Hall–Kier alpha value is -1.92. The van der Waals surface area contributed by atoms with Gasteiger partial charge in [-0.2, -0.15) is 0 Å². The van der Waals surface area contributed by atoms with E-state index in [0.29, 0.717) is 30.4 Å². The maximum absolute atomic E-state index is 12.9. The molecule has 0 N–H and O–H groups in total. The first-order chi connectivity index (χ1) is 12.4.